The first-order valence-corrected chi connectivity index (χ1v) is 20.1. The molecule has 0 saturated heterocycles. The van der Waals surface area contributed by atoms with E-state index in [0.29, 0.717) is 32.9 Å². The summed E-state index contributed by atoms with van der Waals surface area (Å²) >= 11 is 0. The number of hydrogen-bond acceptors (Lipinski definition) is 13. The standard InChI is InChI=1S/C41H29N7O8S2/c1-42-25-8-11-29-24(19-25)6-14-39(41(29)50)48-47-38-18-16-36(31-13-10-28(22-34(31)38)58(54,55)56)45-46-37-17-15-35(30-12-9-27(21-33(30)37)57(51,52)53)44-43-26-7-5-23-3-2-4-40(49)32(23)20-26/h2-22,42,49-50H,1H3,(H,51,52,53)(H,54,55,56). The Balaban J connectivity index is 1.20. The van der Waals surface area contributed by atoms with Crippen molar-refractivity contribution in [1.29, 1.82) is 0 Å². The van der Waals surface area contributed by atoms with Crippen LogP contribution in [-0.4, -0.2) is 43.2 Å². The van der Waals surface area contributed by atoms with Crippen molar-refractivity contribution < 1.29 is 36.2 Å². The fourth-order valence-electron chi connectivity index (χ4n) is 6.43. The van der Waals surface area contributed by atoms with Crippen molar-refractivity contribution in [2.45, 2.75) is 9.79 Å². The summed E-state index contributed by atoms with van der Waals surface area (Å²) < 4.78 is 68.4. The Morgan fingerprint density at radius 3 is 1.52 bits per heavy atom. The molecule has 8 aromatic carbocycles. The molecule has 0 aromatic heterocycles. The summed E-state index contributed by atoms with van der Waals surface area (Å²) in [6.45, 7) is 0. The van der Waals surface area contributed by atoms with Crippen molar-refractivity contribution in [3.8, 4) is 11.5 Å². The highest BCUT2D eigenvalue weighted by molar-refractivity contribution is 7.86. The topological polar surface area (TPSA) is 235 Å². The quantitative estimate of drug-likeness (QED) is 0.0687. The molecule has 0 fully saturated rings. The number of phenolic OH excluding ortho intramolecular Hbond substituents is 2. The van der Waals surface area contributed by atoms with Gasteiger partial charge in [-0.15, -0.1) is 25.6 Å². The van der Waals surface area contributed by atoms with Crippen molar-refractivity contribution in [3.05, 3.63) is 127 Å². The molecule has 17 heteroatoms. The van der Waals surface area contributed by atoms with Gasteiger partial charge in [-0.05, 0) is 102 Å². The number of azo groups is 3. The van der Waals surface area contributed by atoms with Gasteiger partial charge in [0.1, 0.15) is 11.4 Å². The number of aromatic hydroxyl groups is 2. The van der Waals surface area contributed by atoms with Crippen LogP contribution in [0.5, 0.6) is 11.5 Å². The van der Waals surface area contributed by atoms with Gasteiger partial charge in [-0.25, -0.2) is 0 Å². The Morgan fingerprint density at radius 2 is 0.948 bits per heavy atom. The maximum absolute atomic E-state index is 12.2. The van der Waals surface area contributed by atoms with E-state index in [4.69, 9.17) is 0 Å². The summed E-state index contributed by atoms with van der Waals surface area (Å²) in [7, 11) is -7.47. The molecule has 5 N–H and O–H groups in total. The zero-order valence-electron chi connectivity index (χ0n) is 30.0. The van der Waals surface area contributed by atoms with Gasteiger partial charge in [0.15, 0.2) is 5.75 Å². The molecule has 0 amide bonds. The Bertz CT molecular complexity index is 3320. The summed E-state index contributed by atoms with van der Waals surface area (Å²) in [6.07, 6.45) is 0. The van der Waals surface area contributed by atoms with Crippen LogP contribution in [0.4, 0.5) is 39.8 Å². The van der Waals surface area contributed by atoms with Crippen LogP contribution in [-0.2, 0) is 20.2 Å². The summed E-state index contributed by atoms with van der Waals surface area (Å²) in [6, 6.07) is 33.1. The van der Waals surface area contributed by atoms with Crippen molar-refractivity contribution in [2.75, 3.05) is 12.4 Å². The second kappa shape index (κ2) is 14.7. The van der Waals surface area contributed by atoms with E-state index in [1.807, 2.05) is 12.1 Å². The first-order chi connectivity index (χ1) is 27.8. The molecule has 0 radical (unpaired) electrons. The SMILES string of the molecule is CNc1ccc2c(O)c(N=Nc3ccc(N=Nc4ccc(N=Nc5ccc6cccc(O)c6c5)c5ccc(S(=O)(=O)O)cc45)c4ccc(S(=O)(=O)O)cc34)ccc2c1. The van der Waals surface area contributed by atoms with Gasteiger partial charge in [0.05, 0.1) is 38.2 Å². The fraction of sp³-hybridized carbons (Fsp3) is 0.0244. The Labute approximate surface area is 329 Å². The lowest BCUT2D eigenvalue weighted by Gasteiger charge is -2.09. The van der Waals surface area contributed by atoms with Crippen LogP contribution in [0.25, 0.3) is 43.1 Å². The maximum atomic E-state index is 12.2. The molecule has 0 spiro atoms. The van der Waals surface area contributed by atoms with Gasteiger partial charge in [-0.3, -0.25) is 9.11 Å². The minimum atomic E-state index is -4.63. The molecule has 0 aliphatic rings. The third-order valence-corrected chi connectivity index (χ3v) is 11.1. The summed E-state index contributed by atoms with van der Waals surface area (Å²) in [5.41, 5.74) is 2.42. The predicted octanol–water partition coefficient (Wildman–Crippen LogP) is 11.5. The van der Waals surface area contributed by atoms with Crippen LogP contribution in [0.15, 0.2) is 168 Å². The molecule has 0 atom stereocenters. The van der Waals surface area contributed by atoms with E-state index in [9.17, 15) is 36.2 Å². The molecule has 0 saturated carbocycles. The van der Waals surface area contributed by atoms with Crippen molar-refractivity contribution >= 4 is 103 Å². The van der Waals surface area contributed by atoms with Crippen LogP contribution in [0.2, 0.25) is 0 Å². The number of nitrogens with one attached hydrogen (secondary N) is 1. The fourth-order valence-corrected chi connectivity index (χ4v) is 7.45. The molecule has 0 unspecified atom stereocenters. The third kappa shape index (κ3) is 7.40. The van der Waals surface area contributed by atoms with Crippen LogP contribution in [0.1, 0.15) is 0 Å². The number of hydrogen-bond donors (Lipinski definition) is 5. The van der Waals surface area contributed by atoms with Gasteiger partial charge in [-0.1, -0.05) is 36.4 Å². The van der Waals surface area contributed by atoms with Crippen LogP contribution >= 0.6 is 0 Å². The van der Waals surface area contributed by atoms with E-state index in [2.05, 4.69) is 36.0 Å². The van der Waals surface area contributed by atoms with E-state index in [0.717, 1.165) is 16.5 Å². The van der Waals surface area contributed by atoms with Gasteiger partial charge in [-0.2, -0.15) is 21.9 Å². The number of rotatable bonds is 9. The molecular formula is C41H29N7O8S2. The molecule has 0 heterocycles. The molecule has 15 nitrogen and oxygen atoms in total. The van der Waals surface area contributed by atoms with E-state index in [1.165, 1.54) is 48.5 Å². The summed E-state index contributed by atoms with van der Waals surface area (Å²) in [5.74, 6) is -0.0220. The number of phenols is 2. The van der Waals surface area contributed by atoms with Gasteiger partial charge >= 0.3 is 0 Å². The van der Waals surface area contributed by atoms with E-state index >= 15 is 0 Å². The predicted molar refractivity (Wildman–Crippen MR) is 221 cm³/mol. The highest BCUT2D eigenvalue weighted by Gasteiger charge is 2.17. The zero-order valence-corrected chi connectivity index (χ0v) is 31.7. The molecular weight excluding hydrogens is 783 g/mol. The molecule has 8 rings (SSSR count). The third-order valence-electron chi connectivity index (χ3n) is 9.39. The minimum Gasteiger partial charge on any atom is -0.507 e. The zero-order chi connectivity index (χ0) is 40.8. The average Bonchev–Trinajstić information content (AvgIpc) is 3.21. The Morgan fingerprint density at radius 1 is 0.448 bits per heavy atom. The van der Waals surface area contributed by atoms with Crippen molar-refractivity contribution in [1.82, 2.24) is 0 Å². The molecule has 58 heavy (non-hydrogen) atoms. The second-order valence-electron chi connectivity index (χ2n) is 13.0. The number of benzene rings is 8. The highest BCUT2D eigenvalue weighted by atomic mass is 32.2. The van der Waals surface area contributed by atoms with Gasteiger partial charge in [0, 0.05) is 45.1 Å². The number of fused-ring (bicyclic) bond motifs is 4. The maximum Gasteiger partial charge on any atom is 0.294 e. The normalized spacial score (nSPS) is 12.6. The molecule has 8 aromatic rings. The Kier molecular flexibility index (Phi) is 9.57. The summed E-state index contributed by atoms with van der Waals surface area (Å²) in [5, 5.41) is 54.5. The highest BCUT2D eigenvalue weighted by Crippen LogP contribution is 2.41. The lowest BCUT2D eigenvalue weighted by molar-refractivity contribution is 0.481. The smallest absolute Gasteiger partial charge is 0.294 e. The van der Waals surface area contributed by atoms with Gasteiger partial charge in [0.25, 0.3) is 20.2 Å². The molecule has 288 valence electrons. The van der Waals surface area contributed by atoms with Crippen LogP contribution in [0, 0.1) is 0 Å². The largest absolute Gasteiger partial charge is 0.507 e. The van der Waals surface area contributed by atoms with Crippen molar-refractivity contribution in [3.63, 3.8) is 0 Å². The first-order valence-electron chi connectivity index (χ1n) is 17.3. The van der Waals surface area contributed by atoms with E-state index in [-0.39, 0.29) is 45.0 Å². The number of anilines is 1. The monoisotopic (exact) mass is 811 g/mol. The van der Waals surface area contributed by atoms with E-state index < -0.39 is 30.0 Å². The average molecular weight is 812 g/mol. The minimum absolute atomic E-state index is 0.0862. The lowest BCUT2D eigenvalue weighted by Crippen LogP contribution is -1.97. The van der Waals surface area contributed by atoms with Crippen LogP contribution in [0.3, 0.4) is 0 Å². The molecule has 0 aliphatic heterocycles. The lowest BCUT2D eigenvalue weighted by atomic mass is 10.1. The summed E-state index contributed by atoms with van der Waals surface area (Å²) in [4.78, 5) is -0.804. The first kappa shape index (κ1) is 37.7. The van der Waals surface area contributed by atoms with Crippen molar-refractivity contribution in [2.24, 2.45) is 30.7 Å². The van der Waals surface area contributed by atoms with Gasteiger partial charge in [0.2, 0.25) is 0 Å². The van der Waals surface area contributed by atoms with Gasteiger partial charge < -0.3 is 15.5 Å². The Hall–Kier alpha value is -7.18. The van der Waals surface area contributed by atoms with Crippen LogP contribution < -0.4 is 5.32 Å². The molecule has 0 bridgehead atoms. The second-order valence-corrected chi connectivity index (χ2v) is 15.8. The molecule has 0 aliphatic carbocycles. The van der Waals surface area contributed by atoms with E-state index in [1.54, 1.807) is 73.8 Å². The number of nitrogens with zero attached hydrogens (tertiary/aromatic N) is 6.